The van der Waals surface area contributed by atoms with E-state index in [9.17, 15) is 18.1 Å². The maximum Gasteiger partial charge on any atom is 0.294 e. The van der Waals surface area contributed by atoms with E-state index in [0.29, 0.717) is 12.0 Å². The normalized spacial score (nSPS) is 11.8. The molecule has 1 rings (SSSR count). The number of aromatic hydroxyl groups is 1. The van der Waals surface area contributed by atoms with Gasteiger partial charge in [0.2, 0.25) is 0 Å². The van der Waals surface area contributed by atoms with Crippen LogP contribution in [-0.2, 0) is 16.5 Å². The molecular weight excluding hydrogens is 324 g/mol. The van der Waals surface area contributed by atoms with Crippen LogP contribution < -0.4 is 0 Å². The van der Waals surface area contributed by atoms with Crippen LogP contribution >= 0.6 is 0 Å². The number of rotatable bonds is 13. The number of hydrogen-bond donors (Lipinski definition) is 2. The fourth-order valence-electron chi connectivity index (χ4n) is 2.97. The molecule has 1 aromatic carbocycles. The lowest BCUT2D eigenvalue weighted by Gasteiger charge is -2.08. The molecule has 0 spiro atoms. The molecule has 24 heavy (non-hydrogen) atoms. The van der Waals surface area contributed by atoms with Crippen molar-refractivity contribution in [3.63, 3.8) is 0 Å². The Balaban J connectivity index is 2.18. The quantitative estimate of drug-likeness (QED) is 0.362. The van der Waals surface area contributed by atoms with Crippen LogP contribution in [0.5, 0.6) is 5.75 Å². The zero-order valence-electron chi connectivity index (χ0n) is 14.8. The van der Waals surface area contributed by atoms with E-state index in [2.05, 4.69) is 6.92 Å². The van der Waals surface area contributed by atoms with Crippen molar-refractivity contribution in [2.75, 3.05) is 0 Å². The molecule has 0 aliphatic rings. The Morgan fingerprint density at radius 2 is 1.33 bits per heavy atom. The van der Waals surface area contributed by atoms with Crippen molar-refractivity contribution in [3.8, 4) is 5.75 Å². The number of hydrogen-bond acceptors (Lipinski definition) is 3. The van der Waals surface area contributed by atoms with E-state index >= 15 is 0 Å². The highest BCUT2D eigenvalue weighted by molar-refractivity contribution is 7.85. The Morgan fingerprint density at radius 1 is 0.833 bits per heavy atom. The number of phenols is 1. The lowest BCUT2D eigenvalue weighted by Crippen LogP contribution is -2.03. The smallest absolute Gasteiger partial charge is 0.294 e. The Kier molecular flexibility index (Phi) is 10.0. The van der Waals surface area contributed by atoms with Crippen LogP contribution in [0, 0.1) is 0 Å². The molecule has 5 heteroatoms. The van der Waals surface area contributed by atoms with Gasteiger partial charge in [0, 0.05) is 6.07 Å². The minimum absolute atomic E-state index is 0.148. The van der Waals surface area contributed by atoms with Crippen LogP contribution in [0.1, 0.15) is 83.1 Å². The van der Waals surface area contributed by atoms with Crippen LogP contribution in [0.15, 0.2) is 23.1 Å². The summed E-state index contributed by atoms with van der Waals surface area (Å²) in [6, 6.07) is 4.15. The maximum absolute atomic E-state index is 11.4. The van der Waals surface area contributed by atoms with Crippen molar-refractivity contribution in [3.05, 3.63) is 23.8 Å². The Morgan fingerprint density at radius 3 is 1.83 bits per heavy atom. The molecule has 0 aliphatic carbocycles. The lowest BCUT2D eigenvalue weighted by atomic mass is 10.0. The summed E-state index contributed by atoms with van der Waals surface area (Å²) in [4.78, 5) is -0.172. The summed E-state index contributed by atoms with van der Waals surface area (Å²) in [5.74, 6) is -0.148. The van der Waals surface area contributed by atoms with E-state index in [1.165, 1.54) is 57.4 Å². The second-order valence-electron chi connectivity index (χ2n) is 6.55. The van der Waals surface area contributed by atoms with Gasteiger partial charge in [0.25, 0.3) is 10.1 Å². The molecule has 0 saturated carbocycles. The van der Waals surface area contributed by atoms with Gasteiger partial charge in [0.1, 0.15) is 10.6 Å². The molecule has 0 aliphatic heterocycles. The van der Waals surface area contributed by atoms with Crippen LogP contribution in [0.25, 0.3) is 0 Å². The monoisotopic (exact) mass is 356 g/mol. The third-order valence-electron chi connectivity index (χ3n) is 4.38. The van der Waals surface area contributed by atoms with Crippen molar-refractivity contribution in [1.82, 2.24) is 0 Å². The number of unbranched alkanes of at least 4 members (excludes halogenated alkanes) is 10. The van der Waals surface area contributed by atoms with Gasteiger partial charge >= 0.3 is 0 Å². The lowest BCUT2D eigenvalue weighted by molar-refractivity contribution is 0.464. The molecule has 0 fully saturated rings. The molecule has 2 N–H and O–H groups in total. The summed E-state index contributed by atoms with van der Waals surface area (Å²) in [6.07, 6.45) is 14.2. The third kappa shape index (κ3) is 8.69. The second kappa shape index (κ2) is 11.5. The third-order valence-corrected chi connectivity index (χ3v) is 5.31. The van der Waals surface area contributed by atoms with Crippen LogP contribution in [0.4, 0.5) is 0 Å². The zero-order chi connectivity index (χ0) is 17.8. The second-order valence-corrected chi connectivity index (χ2v) is 7.94. The molecular formula is C19H32O4S. The van der Waals surface area contributed by atoms with Crippen LogP contribution in [-0.4, -0.2) is 18.1 Å². The number of phenolic OH excluding ortho intramolecular Hbond substituents is 1. The van der Waals surface area contributed by atoms with Gasteiger partial charge in [-0.1, -0.05) is 77.2 Å². The van der Waals surface area contributed by atoms with E-state index in [4.69, 9.17) is 0 Å². The van der Waals surface area contributed by atoms with Crippen molar-refractivity contribution in [1.29, 1.82) is 0 Å². The molecule has 0 unspecified atom stereocenters. The van der Waals surface area contributed by atoms with E-state index in [-0.39, 0.29) is 10.6 Å². The Labute approximate surface area is 147 Å². The highest BCUT2D eigenvalue weighted by Crippen LogP contribution is 2.23. The topological polar surface area (TPSA) is 74.6 Å². The zero-order valence-corrected chi connectivity index (χ0v) is 15.7. The van der Waals surface area contributed by atoms with Gasteiger partial charge in [-0.05, 0) is 24.5 Å². The predicted octanol–water partition coefficient (Wildman–Crippen LogP) is 5.49. The molecule has 138 valence electrons. The highest BCUT2D eigenvalue weighted by Gasteiger charge is 2.15. The highest BCUT2D eigenvalue weighted by atomic mass is 32.2. The van der Waals surface area contributed by atoms with Crippen molar-refractivity contribution >= 4 is 10.1 Å². The molecule has 4 nitrogen and oxygen atoms in total. The molecule has 0 aromatic heterocycles. The Bertz CT molecular complexity index is 567. The van der Waals surface area contributed by atoms with E-state index in [0.717, 1.165) is 25.3 Å². The summed E-state index contributed by atoms with van der Waals surface area (Å²) >= 11 is 0. The molecule has 0 atom stereocenters. The van der Waals surface area contributed by atoms with Crippen molar-refractivity contribution < 1.29 is 18.1 Å². The average Bonchev–Trinajstić information content (AvgIpc) is 2.53. The largest absolute Gasteiger partial charge is 0.508 e. The van der Waals surface area contributed by atoms with Crippen molar-refractivity contribution in [2.24, 2.45) is 0 Å². The van der Waals surface area contributed by atoms with Crippen LogP contribution in [0.3, 0.4) is 0 Å². The van der Waals surface area contributed by atoms with Crippen molar-refractivity contribution in [2.45, 2.75) is 88.9 Å². The van der Waals surface area contributed by atoms with Gasteiger partial charge in [-0.2, -0.15) is 8.42 Å². The van der Waals surface area contributed by atoms with Gasteiger partial charge in [-0.3, -0.25) is 4.55 Å². The predicted molar refractivity (Wildman–Crippen MR) is 98.1 cm³/mol. The molecule has 1 aromatic rings. The molecule has 0 amide bonds. The molecule has 0 heterocycles. The standard InChI is InChI=1S/C19H32O4S/c1-2-3-4-5-6-7-8-9-10-11-12-13-17-14-15-18(20)16-19(17)24(21,22)23/h14-16,20H,2-13H2,1H3,(H,21,22,23). The number of benzene rings is 1. The summed E-state index contributed by atoms with van der Waals surface area (Å²) in [6.45, 7) is 2.23. The van der Waals surface area contributed by atoms with Gasteiger partial charge in [-0.25, -0.2) is 0 Å². The summed E-state index contributed by atoms with van der Waals surface area (Å²) in [7, 11) is -4.28. The van der Waals surface area contributed by atoms with Gasteiger partial charge in [-0.15, -0.1) is 0 Å². The average molecular weight is 357 g/mol. The van der Waals surface area contributed by atoms with E-state index in [1.54, 1.807) is 6.07 Å². The van der Waals surface area contributed by atoms with Gasteiger partial charge in [0.15, 0.2) is 0 Å². The Hall–Kier alpha value is -1.07. The summed E-state index contributed by atoms with van der Waals surface area (Å²) in [5.41, 5.74) is 0.575. The fourth-order valence-corrected chi connectivity index (χ4v) is 3.74. The summed E-state index contributed by atoms with van der Waals surface area (Å²) < 4.78 is 31.9. The molecule has 0 radical (unpaired) electrons. The minimum Gasteiger partial charge on any atom is -0.508 e. The minimum atomic E-state index is -4.28. The number of aryl methyl sites for hydroxylation is 1. The van der Waals surface area contributed by atoms with E-state index in [1.807, 2.05) is 0 Å². The van der Waals surface area contributed by atoms with Gasteiger partial charge < -0.3 is 5.11 Å². The maximum atomic E-state index is 11.4. The molecule has 0 saturated heterocycles. The fraction of sp³-hybridized carbons (Fsp3) is 0.684. The molecule has 0 bridgehead atoms. The first-order valence-electron chi connectivity index (χ1n) is 9.24. The van der Waals surface area contributed by atoms with Crippen LogP contribution in [0.2, 0.25) is 0 Å². The first-order valence-corrected chi connectivity index (χ1v) is 10.7. The SMILES string of the molecule is CCCCCCCCCCCCCc1ccc(O)cc1S(=O)(=O)O. The summed E-state index contributed by atoms with van der Waals surface area (Å²) in [5, 5.41) is 9.39. The van der Waals surface area contributed by atoms with Gasteiger partial charge in [0.05, 0.1) is 0 Å². The first-order chi connectivity index (χ1) is 11.4. The van der Waals surface area contributed by atoms with E-state index < -0.39 is 10.1 Å². The first kappa shape index (κ1) is 21.0.